The van der Waals surface area contributed by atoms with Crippen molar-refractivity contribution in [3.8, 4) is 11.3 Å². The van der Waals surface area contributed by atoms with Crippen molar-refractivity contribution in [3.05, 3.63) is 47.7 Å². The van der Waals surface area contributed by atoms with E-state index in [2.05, 4.69) is 9.84 Å². The van der Waals surface area contributed by atoms with Gasteiger partial charge < -0.3 is 18.9 Å². The van der Waals surface area contributed by atoms with Crippen LogP contribution in [-0.4, -0.2) is 62.1 Å². The Morgan fingerprint density at radius 3 is 2.00 bits per heavy atom. The summed E-state index contributed by atoms with van der Waals surface area (Å²) < 4.78 is 19.7. The highest BCUT2D eigenvalue weighted by Crippen LogP contribution is 2.30. The highest BCUT2D eigenvalue weighted by atomic mass is 16.5. The molecule has 1 aromatic heterocycles. The summed E-state index contributed by atoms with van der Waals surface area (Å²) in [5.74, 6) is -3.66. The number of carbonyl (C=O) groups is 4. The summed E-state index contributed by atoms with van der Waals surface area (Å²) in [6.07, 6.45) is 0.827. The standard InChI is InChI=1S/C19H18N2O8/c1-26-13(22)10-12(17(23)27-2)21-16(11-8-6-5-7-9-11)14(18(24)28-3)15(20-21)19(25)29-4/h5-10H,1-4H3/b12-10+. The molecular formula is C19H18N2O8. The molecule has 10 nitrogen and oxygen atoms in total. The lowest BCUT2D eigenvalue weighted by molar-refractivity contribution is -0.137. The lowest BCUT2D eigenvalue weighted by Gasteiger charge is -2.11. The number of aromatic nitrogens is 2. The van der Waals surface area contributed by atoms with Gasteiger partial charge in [0.2, 0.25) is 0 Å². The zero-order valence-electron chi connectivity index (χ0n) is 16.1. The van der Waals surface area contributed by atoms with Crippen molar-refractivity contribution in [3.63, 3.8) is 0 Å². The van der Waals surface area contributed by atoms with Gasteiger partial charge in [-0.15, -0.1) is 0 Å². The topological polar surface area (TPSA) is 123 Å². The van der Waals surface area contributed by atoms with Gasteiger partial charge in [0.05, 0.1) is 40.2 Å². The van der Waals surface area contributed by atoms with E-state index in [1.54, 1.807) is 30.3 Å². The molecule has 29 heavy (non-hydrogen) atoms. The molecule has 0 amide bonds. The van der Waals surface area contributed by atoms with E-state index in [1.807, 2.05) is 0 Å². The van der Waals surface area contributed by atoms with Crippen LogP contribution in [0.1, 0.15) is 20.8 Å². The zero-order valence-corrected chi connectivity index (χ0v) is 16.1. The minimum Gasteiger partial charge on any atom is -0.466 e. The molecule has 0 saturated heterocycles. The Balaban J connectivity index is 2.96. The second kappa shape index (κ2) is 9.31. The van der Waals surface area contributed by atoms with Crippen LogP contribution in [0, 0.1) is 0 Å². The van der Waals surface area contributed by atoms with Gasteiger partial charge in [0, 0.05) is 5.56 Å². The van der Waals surface area contributed by atoms with Gasteiger partial charge >= 0.3 is 23.9 Å². The van der Waals surface area contributed by atoms with Crippen LogP contribution >= 0.6 is 0 Å². The molecule has 0 atom stereocenters. The Hall–Kier alpha value is -3.95. The Labute approximate surface area is 165 Å². The fourth-order valence-electron chi connectivity index (χ4n) is 2.47. The van der Waals surface area contributed by atoms with E-state index in [-0.39, 0.29) is 11.3 Å². The van der Waals surface area contributed by atoms with E-state index in [0.29, 0.717) is 5.56 Å². The smallest absolute Gasteiger partial charge is 0.359 e. The lowest BCUT2D eigenvalue weighted by Crippen LogP contribution is -2.16. The third kappa shape index (κ3) is 4.32. The van der Waals surface area contributed by atoms with Crippen molar-refractivity contribution < 1.29 is 38.1 Å². The highest BCUT2D eigenvalue weighted by Gasteiger charge is 2.33. The van der Waals surface area contributed by atoms with Gasteiger partial charge in [0.1, 0.15) is 5.56 Å². The van der Waals surface area contributed by atoms with Gasteiger partial charge in [-0.2, -0.15) is 5.10 Å². The molecule has 0 aliphatic carbocycles. The Bertz CT molecular complexity index is 976. The Morgan fingerprint density at radius 2 is 1.48 bits per heavy atom. The largest absolute Gasteiger partial charge is 0.466 e. The number of esters is 4. The number of rotatable bonds is 6. The van der Waals surface area contributed by atoms with Crippen LogP contribution in [-0.2, 0) is 28.5 Å². The number of nitrogens with zero attached hydrogens (tertiary/aromatic N) is 2. The predicted molar refractivity (Wildman–Crippen MR) is 98.6 cm³/mol. The summed E-state index contributed by atoms with van der Waals surface area (Å²) >= 11 is 0. The average molecular weight is 402 g/mol. The summed E-state index contributed by atoms with van der Waals surface area (Å²) in [6, 6.07) is 8.32. The summed E-state index contributed by atoms with van der Waals surface area (Å²) in [7, 11) is 4.45. The van der Waals surface area contributed by atoms with E-state index >= 15 is 0 Å². The van der Waals surface area contributed by atoms with Gasteiger partial charge in [-0.3, -0.25) is 0 Å². The molecular weight excluding hydrogens is 384 g/mol. The fraction of sp³-hybridized carbons (Fsp3) is 0.211. The van der Waals surface area contributed by atoms with E-state index in [9.17, 15) is 19.2 Å². The summed E-state index contributed by atoms with van der Waals surface area (Å²) in [6.45, 7) is 0. The maximum atomic E-state index is 12.5. The second-order valence-electron chi connectivity index (χ2n) is 5.38. The zero-order chi connectivity index (χ0) is 21.6. The number of hydrogen-bond donors (Lipinski definition) is 0. The van der Waals surface area contributed by atoms with Crippen molar-refractivity contribution in [2.75, 3.05) is 28.4 Å². The molecule has 1 aromatic carbocycles. The van der Waals surface area contributed by atoms with E-state index in [1.165, 1.54) is 0 Å². The third-order valence-corrected chi connectivity index (χ3v) is 3.78. The highest BCUT2D eigenvalue weighted by molar-refractivity contribution is 6.16. The minimum absolute atomic E-state index is 0.0263. The van der Waals surface area contributed by atoms with Gasteiger partial charge in [0.15, 0.2) is 11.4 Å². The van der Waals surface area contributed by atoms with E-state index in [0.717, 1.165) is 39.2 Å². The SMILES string of the molecule is COC(=O)/C=C(\C(=O)OC)n1nc(C(=O)OC)c(C(=O)OC)c1-c1ccccc1. The van der Waals surface area contributed by atoms with Crippen LogP contribution in [0.15, 0.2) is 36.4 Å². The van der Waals surface area contributed by atoms with Crippen LogP contribution in [0.4, 0.5) is 0 Å². The Kier molecular flexibility index (Phi) is 6.85. The van der Waals surface area contributed by atoms with Gasteiger partial charge in [-0.05, 0) is 0 Å². The minimum atomic E-state index is -0.956. The number of benzene rings is 1. The monoisotopic (exact) mass is 402 g/mol. The molecule has 0 aliphatic rings. The molecule has 0 radical (unpaired) electrons. The van der Waals surface area contributed by atoms with Crippen molar-refractivity contribution in [2.45, 2.75) is 0 Å². The van der Waals surface area contributed by atoms with Crippen LogP contribution in [0.25, 0.3) is 17.0 Å². The first kappa shape index (κ1) is 21.4. The fourth-order valence-corrected chi connectivity index (χ4v) is 2.47. The van der Waals surface area contributed by atoms with Crippen LogP contribution in [0.5, 0.6) is 0 Å². The quantitative estimate of drug-likeness (QED) is 0.400. The van der Waals surface area contributed by atoms with E-state index in [4.69, 9.17) is 14.2 Å². The van der Waals surface area contributed by atoms with Crippen molar-refractivity contribution in [1.29, 1.82) is 0 Å². The number of ether oxygens (including phenoxy) is 4. The first-order valence-electron chi connectivity index (χ1n) is 8.12. The molecule has 10 heteroatoms. The maximum absolute atomic E-state index is 12.5. The first-order valence-corrected chi connectivity index (χ1v) is 8.12. The maximum Gasteiger partial charge on any atom is 0.359 e. The third-order valence-electron chi connectivity index (χ3n) is 3.78. The molecule has 0 bridgehead atoms. The summed E-state index contributed by atoms with van der Waals surface area (Å²) in [4.78, 5) is 48.9. The molecule has 0 saturated carbocycles. The van der Waals surface area contributed by atoms with Gasteiger partial charge in [-0.25, -0.2) is 23.9 Å². The predicted octanol–water partition coefficient (Wildman–Crippen LogP) is 1.31. The molecule has 0 spiro atoms. The van der Waals surface area contributed by atoms with E-state index < -0.39 is 35.3 Å². The first-order chi connectivity index (χ1) is 13.9. The van der Waals surface area contributed by atoms with Crippen LogP contribution in [0.2, 0.25) is 0 Å². The molecule has 2 rings (SSSR count). The summed E-state index contributed by atoms with van der Waals surface area (Å²) in [5.41, 5.74) is -0.602. The summed E-state index contributed by atoms with van der Waals surface area (Å²) in [5, 5.41) is 4.05. The molecule has 0 fully saturated rings. The average Bonchev–Trinajstić information content (AvgIpc) is 3.16. The van der Waals surface area contributed by atoms with Crippen molar-refractivity contribution in [2.24, 2.45) is 0 Å². The normalized spacial score (nSPS) is 10.8. The lowest BCUT2D eigenvalue weighted by atomic mass is 10.1. The molecule has 0 unspecified atom stereocenters. The molecule has 2 aromatic rings. The van der Waals surface area contributed by atoms with Gasteiger partial charge in [-0.1, -0.05) is 30.3 Å². The van der Waals surface area contributed by atoms with Crippen LogP contribution in [0.3, 0.4) is 0 Å². The number of hydrogen-bond acceptors (Lipinski definition) is 9. The molecule has 152 valence electrons. The van der Waals surface area contributed by atoms with Crippen molar-refractivity contribution in [1.82, 2.24) is 9.78 Å². The number of methoxy groups -OCH3 is 4. The molecule has 0 N–H and O–H groups in total. The van der Waals surface area contributed by atoms with Gasteiger partial charge in [0.25, 0.3) is 0 Å². The number of carbonyl (C=O) groups excluding carboxylic acids is 4. The molecule has 1 heterocycles. The molecule has 0 aliphatic heterocycles. The van der Waals surface area contributed by atoms with Crippen LogP contribution < -0.4 is 0 Å². The Morgan fingerprint density at radius 1 is 0.862 bits per heavy atom. The van der Waals surface area contributed by atoms with Crippen molar-refractivity contribution >= 4 is 29.6 Å². The second-order valence-corrected chi connectivity index (χ2v) is 5.38.